The van der Waals surface area contributed by atoms with Crippen molar-refractivity contribution in [2.45, 2.75) is 6.92 Å². The first kappa shape index (κ1) is 18.6. The lowest BCUT2D eigenvalue weighted by molar-refractivity contribution is 0.313. The molecule has 5 rings (SSSR count). The van der Waals surface area contributed by atoms with Crippen LogP contribution in [-0.4, -0.2) is 52.7 Å². The summed E-state index contributed by atoms with van der Waals surface area (Å²) in [6.45, 7) is 6.47. The van der Waals surface area contributed by atoms with E-state index in [1.165, 1.54) is 11.3 Å². The fourth-order valence-electron chi connectivity index (χ4n) is 3.97. The Balaban J connectivity index is 1.38. The van der Waals surface area contributed by atoms with Crippen molar-refractivity contribution in [1.29, 1.82) is 0 Å². The van der Waals surface area contributed by atoms with E-state index in [1.54, 1.807) is 0 Å². The normalized spacial score (nSPS) is 14.9. The van der Waals surface area contributed by atoms with Crippen LogP contribution in [0.4, 0.5) is 17.3 Å². The third-order valence-electron chi connectivity index (χ3n) is 5.77. The van der Waals surface area contributed by atoms with E-state index in [0.29, 0.717) is 5.95 Å². The Kier molecular flexibility index (Phi) is 4.85. The quantitative estimate of drug-likeness (QED) is 0.558. The highest BCUT2D eigenvalue weighted by atomic mass is 15.4. The molecule has 1 aliphatic rings. The molecule has 0 unspecified atom stereocenters. The maximum Gasteiger partial charge on any atom is 0.247 e. The van der Waals surface area contributed by atoms with Crippen LogP contribution in [0, 0.1) is 6.92 Å². The van der Waals surface area contributed by atoms with Gasteiger partial charge in [-0.3, -0.25) is 0 Å². The molecular formula is C24H26N6. The maximum atomic E-state index is 4.72. The van der Waals surface area contributed by atoms with Crippen molar-refractivity contribution >= 4 is 23.0 Å². The van der Waals surface area contributed by atoms with Crippen LogP contribution in [0.1, 0.15) is 5.56 Å². The minimum atomic E-state index is 0.600. The van der Waals surface area contributed by atoms with Gasteiger partial charge in [0.1, 0.15) is 0 Å². The zero-order valence-electron chi connectivity index (χ0n) is 17.4. The van der Waals surface area contributed by atoms with Gasteiger partial charge in [-0.15, -0.1) is 5.10 Å². The predicted molar refractivity (Wildman–Crippen MR) is 123 cm³/mol. The molecule has 1 N–H and O–H groups in total. The van der Waals surface area contributed by atoms with Crippen molar-refractivity contribution in [3.8, 4) is 11.3 Å². The monoisotopic (exact) mass is 398 g/mol. The van der Waals surface area contributed by atoms with Gasteiger partial charge in [-0.05, 0) is 55.9 Å². The first-order valence-corrected chi connectivity index (χ1v) is 10.4. The van der Waals surface area contributed by atoms with Crippen molar-refractivity contribution in [3.63, 3.8) is 0 Å². The van der Waals surface area contributed by atoms with Crippen molar-refractivity contribution in [2.75, 3.05) is 43.4 Å². The number of hydrogen-bond donors (Lipinski definition) is 1. The number of pyridine rings is 1. The molecule has 0 aliphatic carbocycles. The molecule has 0 atom stereocenters. The van der Waals surface area contributed by atoms with Gasteiger partial charge in [0.15, 0.2) is 5.65 Å². The number of aromatic nitrogens is 3. The summed E-state index contributed by atoms with van der Waals surface area (Å²) in [5, 5.41) is 8.08. The van der Waals surface area contributed by atoms with Crippen molar-refractivity contribution in [1.82, 2.24) is 19.5 Å². The predicted octanol–water partition coefficient (Wildman–Crippen LogP) is 4.20. The summed E-state index contributed by atoms with van der Waals surface area (Å²) in [7, 11) is 2.18. The molecule has 0 amide bonds. The van der Waals surface area contributed by atoms with Crippen LogP contribution in [0.2, 0.25) is 0 Å². The number of hydrogen-bond acceptors (Lipinski definition) is 5. The lowest BCUT2D eigenvalue weighted by atomic mass is 10.1. The average molecular weight is 399 g/mol. The number of piperazine rings is 1. The third kappa shape index (κ3) is 3.62. The van der Waals surface area contributed by atoms with Crippen LogP contribution in [0.3, 0.4) is 0 Å². The van der Waals surface area contributed by atoms with E-state index >= 15 is 0 Å². The van der Waals surface area contributed by atoms with Crippen molar-refractivity contribution in [3.05, 3.63) is 72.3 Å². The summed E-state index contributed by atoms with van der Waals surface area (Å²) in [6, 6.07) is 23.0. The molecule has 1 aliphatic heterocycles. The van der Waals surface area contributed by atoms with E-state index in [4.69, 9.17) is 5.10 Å². The smallest absolute Gasteiger partial charge is 0.247 e. The van der Waals surface area contributed by atoms with Gasteiger partial charge in [0.25, 0.3) is 0 Å². The fraction of sp³-hybridized carbons (Fsp3) is 0.250. The molecule has 1 saturated heterocycles. The highest BCUT2D eigenvalue weighted by Crippen LogP contribution is 2.25. The second-order valence-corrected chi connectivity index (χ2v) is 7.89. The summed E-state index contributed by atoms with van der Waals surface area (Å²) in [6.07, 6.45) is 0. The topological polar surface area (TPSA) is 48.7 Å². The third-order valence-corrected chi connectivity index (χ3v) is 5.77. The molecule has 30 heavy (non-hydrogen) atoms. The van der Waals surface area contributed by atoms with Crippen LogP contribution in [-0.2, 0) is 0 Å². The number of rotatable bonds is 4. The Morgan fingerprint density at radius 1 is 0.833 bits per heavy atom. The number of fused-ring (bicyclic) bond motifs is 1. The second kappa shape index (κ2) is 7.80. The van der Waals surface area contributed by atoms with E-state index < -0.39 is 0 Å². The second-order valence-electron chi connectivity index (χ2n) is 7.89. The molecule has 0 saturated carbocycles. The van der Waals surface area contributed by atoms with E-state index in [2.05, 4.69) is 88.7 Å². The number of nitrogens with one attached hydrogen (secondary N) is 1. The number of anilines is 3. The molecule has 0 bridgehead atoms. The lowest BCUT2D eigenvalue weighted by Crippen LogP contribution is -2.44. The zero-order chi connectivity index (χ0) is 20.5. The number of aryl methyl sites for hydroxylation is 1. The van der Waals surface area contributed by atoms with Crippen LogP contribution in [0.15, 0.2) is 66.7 Å². The van der Waals surface area contributed by atoms with E-state index in [9.17, 15) is 0 Å². The van der Waals surface area contributed by atoms with Gasteiger partial charge in [0, 0.05) is 43.1 Å². The molecule has 0 spiro atoms. The van der Waals surface area contributed by atoms with Gasteiger partial charge in [0.2, 0.25) is 5.95 Å². The van der Waals surface area contributed by atoms with E-state index in [-0.39, 0.29) is 0 Å². The van der Waals surface area contributed by atoms with E-state index in [1.807, 2.05) is 16.6 Å². The summed E-state index contributed by atoms with van der Waals surface area (Å²) >= 11 is 0. The van der Waals surface area contributed by atoms with Gasteiger partial charge in [-0.1, -0.05) is 30.3 Å². The minimum absolute atomic E-state index is 0.600. The van der Waals surface area contributed by atoms with Crippen LogP contribution in [0.5, 0.6) is 0 Å². The van der Waals surface area contributed by atoms with Crippen molar-refractivity contribution < 1.29 is 0 Å². The SMILES string of the molecule is Cc1ccccc1-c1cccc2nc(Nc3ccc(N4CCN(C)CC4)cc3)nn12. The number of likely N-dealkylation sites (N-methyl/N-ethyl adjacent to an activating group) is 1. The molecule has 1 fully saturated rings. The Bertz CT molecular complexity index is 1160. The Hall–Kier alpha value is -3.38. The van der Waals surface area contributed by atoms with Gasteiger partial charge < -0.3 is 15.1 Å². The van der Waals surface area contributed by atoms with Crippen LogP contribution >= 0.6 is 0 Å². The summed E-state index contributed by atoms with van der Waals surface area (Å²) < 4.78 is 1.91. The molecular weight excluding hydrogens is 372 g/mol. The molecule has 3 heterocycles. The highest BCUT2D eigenvalue weighted by Gasteiger charge is 2.14. The Morgan fingerprint density at radius 3 is 2.37 bits per heavy atom. The minimum Gasteiger partial charge on any atom is -0.369 e. The molecule has 4 aromatic rings. The Labute approximate surface area is 176 Å². The highest BCUT2D eigenvalue weighted by molar-refractivity contribution is 5.67. The largest absolute Gasteiger partial charge is 0.369 e. The summed E-state index contributed by atoms with van der Waals surface area (Å²) in [5.41, 5.74) is 6.49. The van der Waals surface area contributed by atoms with E-state index in [0.717, 1.165) is 48.8 Å². The molecule has 152 valence electrons. The lowest BCUT2D eigenvalue weighted by Gasteiger charge is -2.34. The maximum absolute atomic E-state index is 4.72. The summed E-state index contributed by atoms with van der Waals surface area (Å²) in [4.78, 5) is 9.47. The standard InChI is InChI=1S/C24H26N6/c1-18-6-3-4-7-21(18)22-8-5-9-23-26-24(27-30(22)23)25-19-10-12-20(13-11-19)29-16-14-28(2)15-17-29/h3-13H,14-17H2,1-2H3,(H,25,27). The zero-order valence-corrected chi connectivity index (χ0v) is 17.4. The summed E-state index contributed by atoms with van der Waals surface area (Å²) in [5.74, 6) is 0.600. The van der Waals surface area contributed by atoms with Gasteiger partial charge in [-0.25, -0.2) is 4.52 Å². The number of benzene rings is 2. The fourth-order valence-corrected chi connectivity index (χ4v) is 3.97. The number of nitrogens with zero attached hydrogens (tertiary/aromatic N) is 5. The molecule has 6 nitrogen and oxygen atoms in total. The van der Waals surface area contributed by atoms with Gasteiger partial charge in [0.05, 0.1) is 5.69 Å². The van der Waals surface area contributed by atoms with Crippen LogP contribution < -0.4 is 10.2 Å². The average Bonchev–Trinajstić information content (AvgIpc) is 3.18. The van der Waals surface area contributed by atoms with Gasteiger partial charge >= 0.3 is 0 Å². The Morgan fingerprint density at radius 2 is 1.60 bits per heavy atom. The van der Waals surface area contributed by atoms with Crippen LogP contribution in [0.25, 0.3) is 16.9 Å². The molecule has 6 heteroatoms. The molecule has 2 aromatic carbocycles. The molecule has 2 aromatic heterocycles. The van der Waals surface area contributed by atoms with Crippen molar-refractivity contribution in [2.24, 2.45) is 0 Å². The first-order valence-electron chi connectivity index (χ1n) is 10.4. The first-order chi connectivity index (χ1) is 14.7. The van der Waals surface area contributed by atoms with Gasteiger partial charge in [-0.2, -0.15) is 4.98 Å². The molecule has 0 radical (unpaired) electrons.